The van der Waals surface area contributed by atoms with Crippen molar-refractivity contribution in [1.82, 2.24) is 14.9 Å². The van der Waals surface area contributed by atoms with Crippen molar-refractivity contribution in [1.29, 1.82) is 0 Å². The molecule has 0 aliphatic carbocycles. The minimum atomic E-state index is -0.0825. The molecule has 5 nitrogen and oxygen atoms in total. The summed E-state index contributed by atoms with van der Waals surface area (Å²) in [7, 11) is 0. The lowest BCUT2D eigenvalue weighted by atomic mass is 10.0. The summed E-state index contributed by atoms with van der Waals surface area (Å²) >= 11 is 0. The number of benzene rings is 1. The molecule has 2 aromatic heterocycles. The molecule has 1 aromatic carbocycles. The van der Waals surface area contributed by atoms with Crippen LogP contribution in [-0.4, -0.2) is 27.3 Å². The highest BCUT2D eigenvalue weighted by molar-refractivity contribution is 5.93. The fourth-order valence-corrected chi connectivity index (χ4v) is 2.99. The van der Waals surface area contributed by atoms with Gasteiger partial charge in [0, 0.05) is 41.7 Å². The molecule has 5 heteroatoms. The van der Waals surface area contributed by atoms with Gasteiger partial charge in [0.05, 0.1) is 5.69 Å². The first-order valence-corrected chi connectivity index (χ1v) is 7.02. The number of oxazole rings is 1. The zero-order chi connectivity index (χ0) is 14.4. The maximum Gasteiger partial charge on any atom is 0.291 e. The SMILES string of the molecule is Cc1ncoc1C(=O)N1CCc2[nH]c3ccccc3c2C1. The van der Waals surface area contributed by atoms with Gasteiger partial charge in [0.1, 0.15) is 0 Å². The minimum absolute atomic E-state index is 0.0825. The first-order chi connectivity index (χ1) is 10.2. The second kappa shape index (κ2) is 4.48. The third-order valence-electron chi connectivity index (χ3n) is 4.11. The highest BCUT2D eigenvalue weighted by atomic mass is 16.3. The van der Waals surface area contributed by atoms with Crippen molar-refractivity contribution < 1.29 is 9.21 Å². The number of carbonyl (C=O) groups excluding carboxylic acids is 1. The highest BCUT2D eigenvalue weighted by Crippen LogP contribution is 2.28. The third kappa shape index (κ3) is 1.85. The lowest BCUT2D eigenvalue weighted by molar-refractivity contribution is 0.0701. The molecule has 1 aliphatic rings. The molecule has 4 rings (SSSR count). The summed E-state index contributed by atoms with van der Waals surface area (Å²) in [6.07, 6.45) is 2.16. The van der Waals surface area contributed by atoms with Crippen molar-refractivity contribution in [3.63, 3.8) is 0 Å². The van der Waals surface area contributed by atoms with Gasteiger partial charge in [-0.2, -0.15) is 0 Å². The van der Waals surface area contributed by atoms with E-state index in [2.05, 4.69) is 22.1 Å². The minimum Gasteiger partial charge on any atom is -0.438 e. The molecule has 1 aliphatic heterocycles. The van der Waals surface area contributed by atoms with Gasteiger partial charge in [-0.3, -0.25) is 4.79 Å². The molecule has 0 radical (unpaired) electrons. The van der Waals surface area contributed by atoms with Gasteiger partial charge in [0.2, 0.25) is 5.76 Å². The summed E-state index contributed by atoms with van der Waals surface area (Å²) in [6, 6.07) is 8.21. The van der Waals surface area contributed by atoms with Gasteiger partial charge >= 0.3 is 0 Å². The predicted molar refractivity (Wildman–Crippen MR) is 78.0 cm³/mol. The zero-order valence-corrected chi connectivity index (χ0v) is 11.7. The Balaban J connectivity index is 1.70. The van der Waals surface area contributed by atoms with E-state index >= 15 is 0 Å². The van der Waals surface area contributed by atoms with E-state index < -0.39 is 0 Å². The van der Waals surface area contributed by atoms with Crippen LogP contribution in [0.3, 0.4) is 0 Å². The molecule has 21 heavy (non-hydrogen) atoms. The summed E-state index contributed by atoms with van der Waals surface area (Å²) in [4.78, 5) is 21.8. The number of rotatable bonds is 1. The van der Waals surface area contributed by atoms with Crippen LogP contribution in [0.25, 0.3) is 10.9 Å². The van der Waals surface area contributed by atoms with Gasteiger partial charge < -0.3 is 14.3 Å². The second-order valence-electron chi connectivity index (χ2n) is 5.37. The van der Waals surface area contributed by atoms with Crippen LogP contribution in [0.15, 0.2) is 35.1 Å². The fourth-order valence-electron chi connectivity index (χ4n) is 2.99. The number of amides is 1. The molecule has 3 heterocycles. The smallest absolute Gasteiger partial charge is 0.291 e. The van der Waals surface area contributed by atoms with Gasteiger partial charge in [-0.1, -0.05) is 18.2 Å². The van der Waals surface area contributed by atoms with Crippen molar-refractivity contribution in [3.8, 4) is 0 Å². The van der Waals surface area contributed by atoms with Gasteiger partial charge in [-0.25, -0.2) is 4.98 Å². The van der Waals surface area contributed by atoms with Gasteiger partial charge in [-0.15, -0.1) is 0 Å². The monoisotopic (exact) mass is 281 g/mol. The van der Waals surface area contributed by atoms with Crippen molar-refractivity contribution >= 4 is 16.8 Å². The van der Waals surface area contributed by atoms with Crippen LogP contribution in [-0.2, 0) is 13.0 Å². The van der Waals surface area contributed by atoms with Crippen LogP contribution in [0.4, 0.5) is 0 Å². The number of carbonyl (C=O) groups is 1. The lowest BCUT2D eigenvalue weighted by Gasteiger charge is -2.26. The van der Waals surface area contributed by atoms with Crippen LogP contribution in [0.5, 0.6) is 0 Å². The van der Waals surface area contributed by atoms with Gasteiger partial charge in [0.15, 0.2) is 6.39 Å². The Bertz CT molecular complexity index is 831. The van der Waals surface area contributed by atoms with E-state index in [4.69, 9.17) is 4.42 Å². The number of hydrogen-bond donors (Lipinski definition) is 1. The number of aromatic nitrogens is 2. The Morgan fingerprint density at radius 3 is 3.05 bits per heavy atom. The third-order valence-corrected chi connectivity index (χ3v) is 4.11. The Morgan fingerprint density at radius 2 is 2.24 bits per heavy atom. The molecule has 0 atom stereocenters. The normalized spacial score (nSPS) is 14.4. The molecule has 0 saturated carbocycles. The van der Waals surface area contributed by atoms with Crippen LogP contribution in [0, 0.1) is 6.92 Å². The molecule has 3 aromatic rings. The first kappa shape index (κ1) is 12.2. The van der Waals surface area contributed by atoms with E-state index in [9.17, 15) is 4.79 Å². The van der Waals surface area contributed by atoms with E-state index in [1.54, 1.807) is 6.92 Å². The number of fused-ring (bicyclic) bond motifs is 3. The largest absolute Gasteiger partial charge is 0.438 e. The molecule has 0 unspecified atom stereocenters. The van der Waals surface area contributed by atoms with Crippen LogP contribution < -0.4 is 0 Å². The number of H-pyrrole nitrogens is 1. The Labute approximate surface area is 121 Å². The maximum absolute atomic E-state index is 12.5. The molecule has 0 saturated heterocycles. The predicted octanol–water partition coefficient (Wildman–Crippen LogP) is 2.66. The number of nitrogens with one attached hydrogen (secondary N) is 1. The summed E-state index contributed by atoms with van der Waals surface area (Å²) in [5.74, 6) is 0.263. The van der Waals surface area contributed by atoms with Crippen LogP contribution >= 0.6 is 0 Å². The molecular weight excluding hydrogens is 266 g/mol. The Kier molecular flexibility index (Phi) is 2.60. The number of aryl methyl sites for hydroxylation is 1. The number of aromatic amines is 1. The van der Waals surface area contributed by atoms with E-state index in [0.717, 1.165) is 11.9 Å². The zero-order valence-electron chi connectivity index (χ0n) is 11.7. The van der Waals surface area contributed by atoms with E-state index in [-0.39, 0.29) is 5.91 Å². The van der Waals surface area contributed by atoms with Crippen molar-refractivity contribution in [2.45, 2.75) is 19.9 Å². The quantitative estimate of drug-likeness (QED) is 0.746. The standard InChI is InChI=1S/C16H15N3O2/c1-10-15(21-9-17-10)16(20)19-7-6-14-12(8-19)11-4-2-3-5-13(11)18-14/h2-5,9,18H,6-8H2,1H3. The average Bonchev–Trinajstić information content (AvgIpc) is 3.09. The highest BCUT2D eigenvalue weighted by Gasteiger charge is 2.27. The summed E-state index contributed by atoms with van der Waals surface area (Å²) < 4.78 is 5.23. The Hall–Kier alpha value is -2.56. The summed E-state index contributed by atoms with van der Waals surface area (Å²) in [5, 5.41) is 1.19. The van der Waals surface area contributed by atoms with Crippen molar-refractivity contribution in [3.05, 3.63) is 53.4 Å². The lowest BCUT2D eigenvalue weighted by Crippen LogP contribution is -2.35. The average molecular weight is 281 g/mol. The van der Waals surface area contributed by atoms with Gasteiger partial charge in [-0.05, 0) is 13.0 Å². The number of nitrogens with zero attached hydrogens (tertiary/aromatic N) is 2. The molecule has 1 N–H and O–H groups in total. The topological polar surface area (TPSA) is 62.1 Å². The maximum atomic E-state index is 12.5. The molecular formula is C16H15N3O2. The number of hydrogen-bond acceptors (Lipinski definition) is 3. The molecule has 0 spiro atoms. The van der Waals surface area contributed by atoms with E-state index in [0.29, 0.717) is 24.5 Å². The van der Waals surface area contributed by atoms with E-state index in [1.807, 2.05) is 17.0 Å². The molecule has 0 fully saturated rings. The molecule has 0 bridgehead atoms. The first-order valence-electron chi connectivity index (χ1n) is 7.02. The van der Waals surface area contributed by atoms with Crippen LogP contribution in [0.1, 0.15) is 27.5 Å². The van der Waals surface area contributed by atoms with E-state index in [1.165, 1.54) is 23.0 Å². The van der Waals surface area contributed by atoms with Gasteiger partial charge in [0.25, 0.3) is 5.91 Å². The number of para-hydroxylation sites is 1. The fraction of sp³-hybridized carbons (Fsp3) is 0.250. The van der Waals surface area contributed by atoms with Crippen LogP contribution in [0.2, 0.25) is 0 Å². The summed E-state index contributed by atoms with van der Waals surface area (Å²) in [6.45, 7) is 3.09. The Morgan fingerprint density at radius 1 is 1.38 bits per heavy atom. The van der Waals surface area contributed by atoms with Crippen molar-refractivity contribution in [2.75, 3.05) is 6.54 Å². The summed E-state index contributed by atoms with van der Waals surface area (Å²) in [5.41, 5.74) is 4.22. The second-order valence-corrected chi connectivity index (χ2v) is 5.37. The molecule has 106 valence electrons. The van der Waals surface area contributed by atoms with Crippen molar-refractivity contribution in [2.24, 2.45) is 0 Å². The molecule has 1 amide bonds.